The van der Waals surface area contributed by atoms with Crippen LogP contribution in [0.4, 0.5) is 0 Å². The summed E-state index contributed by atoms with van der Waals surface area (Å²) in [5.74, 6) is -0.286. The topological polar surface area (TPSA) is 58.2 Å². The lowest BCUT2D eigenvalue weighted by molar-refractivity contribution is -0.122. The second kappa shape index (κ2) is 5.57. The minimum Gasteiger partial charge on any atom is -0.336 e. The predicted octanol–water partition coefficient (Wildman–Crippen LogP) is 0.199. The Bertz CT molecular complexity index is 152. The first-order chi connectivity index (χ1) is 5.56. The summed E-state index contributed by atoms with van der Waals surface area (Å²) >= 11 is 0. The van der Waals surface area contributed by atoms with Crippen LogP contribution in [0.2, 0.25) is 0 Å². The molecule has 0 heterocycles. The minimum atomic E-state index is -0.273. The van der Waals surface area contributed by atoms with Crippen molar-refractivity contribution in [2.75, 3.05) is 0 Å². The van der Waals surface area contributed by atoms with E-state index >= 15 is 0 Å². The van der Waals surface area contributed by atoms with Gasteiger partial charge in [-0.05, 0) is 12.8 Å². The van der Waals surface area contributed by atoms with Gasteiger partial charge in [-0.25, -0.2) is 0 Å². The summed E-state index contributed by atoms with van der Waals surface area (Å²) in [7, 11) is 0. The van der Waals surface area contributed by atoms with Crippen LogP contribution in [0.25, 0.3) is 0 Å². The summed E-state index contributed by atoms with van der Waals surface area (Å²) < 4.78 is 0. The van der Waals surface area contributed by atoms with Gasteiger partial charge in [0.05, 0.1) is 0 Å². The fraction of sp³-hybridized carbons (Fsp3) is 0.625. The molecule has 0 unspecified atom stereocenters. The number of rotatable bonds is 4. The van der Waals surface area contributed by atoms with Gasteiger partial charge in [0.25, 0.3) is 0 Å². The monoisotopic (exact) mass is 171 g/mol. The van der Waals surface area contributed by atoms with E-state index in [1.54, 1.807) is 0 Å². The van der Waals surface area contributed by atoms with Crippen LogP contribution in [0.3, 0.4) is 0 Å². The Morgan fingerprint density at radius 2 is 1.67 bits per heavy atom. The summed E-state index contributed by atoms with van der Waals surface area (Å²) in [5, 5.41) is 5.22. The first kappa shape index (κ1) is 10.9. The molecule has 1 radical (unpaired) electrons. The van der Waals surface area contributed by atoms with E-state index in [1.165, 1.54) is 13.8 Å². The summed E-state index contributed by atoms with van der Waals surface area (Å²) in [6.45, 7) is 4.71. The van der Waals surface area contributed by atoms with Crippen molar-refractivity contribution >= 4 is 11.8 Å². The van der Waals surface area contributed by atoms with E-state index in [9.17, 15) is 9.59 Å². The molecule has 2 amide bonds. The van der Waals surface area contributed by atoms with Crippen molar-refractivity contribution in [2.45, 2.75) is 33.4 Å². The lowest BCUT2D eigenvalue weighted by Gasteiger charge is -2.17. The zero-order valence-corrected chi connectivity index (χ0v) is 7.68. The molecule has 0 fully saturated rings. The number of carbonyl (C=O) groups is 2. The quantitative estimate of drug-likeness (QED) is 0.593. The molecular formula is C8H15N2O2. The molecule has 0 aliphatic heterocycles. The third kappa shape index (κ3) is 5.70. The maximum Gasteiger partial charge on any atom is 0.218 e. The van der Waals surface area contributed by atoms with E-state index in [0.29, 0.717) is 6.42 Å². The lowest BCUT2D eigenvalue weighted by Crippen LogP contribution is -2.46. The molecule has 69 valence electrons. The normalized spacial score (nSPS) is 9.67. The minimum absolute atomic E-state index is 0.143. The van der Waals surface area contributed by atoms with E-state index in [0.717, 1.165) is 0 Å². The van der Waals surface area contributed by atoms with Crippen LogP contribution >= 0.6 is 0 Å². The lowest BCUT2D eigenvalue weighted by atomic mass is 10.2. The van der Waals surface area contributed by atoms with E-state index in [-0.39, 0.29) is 18.0 Å². The number of carbonyl (C=O) groups excluding carboxylic acids is 2. The van der Waals surface area contributed by atoms with Crippen LogP contribution in [0.15, 0.2) is 0 Å². The number of hydrogen-bond donors (Lipinski definition) is 2. The fourth-order valence-electron chi connectivity index (χ4n) is 0.880. The van der Waals surface area contributed by atoms with Crippen molar-refractivity contribution in [2.24, 2.45) is 0 Å². The molecule has 0 aromatic carbocycles. The molecule has 4 heteroatoms. The highest BCUT2D eigenvalue weighted by Crippen LogP contribution is 1.91. The molecule has 0 aromatic rings. The smallest absolute Gasteiger partial charge is 0.218 e. The number of hydrogen-bond acceptors (Lipinski definition) is 2. The zero-order valence-electron chi connectivity index (χ0n) is 7.68. The molecule has 0 saturated carbocycles. The van der Waals surface area contributed by atoms with Gasteiger partial charge in [0.1, 0.15) is 6.17 Å². The Balaban J connectivity index is 3.85. The molecule has 0 aromatic heterocycles. The highest BCUT2D eigenvalue weighted by atomic mass is 16.2. The molecule has 0 rings (SSSR count). The van der Waals surface area contributed by atoms with Crippen molar-refractivity contribution < 1.29 is 9.59 Å². The molecule has 0 aliphatic rings. The molecule has 0 aliphatic carbocycles. The average Bonchev–Trinajstić information content (AvgIpc) is 1.84. The second-order valence-corrected chi connectivity index (χ2v) is 2.60. The van der Waals surface area contributed by atoms with Gasteiger partial charge >= 0.3 is 0 Å². The van der Waals surface area contributed by atoms with Crippen LogP contribution in [0.5, 0.6) is 0 Å². The van der Waals surface area contributed by atoms with Crippen LogP contribution in [-0.4, -0.2) is 18.0 Å². The Labute approximate surface area is 72.7 Å². The van der Waals surface area contributed by atoms with Gasteiger partial charge in [0.15, 0.2) is 0 Å². The maximum atomic E-state index is 10.6. The molecule has 0 atom stereocenters. The summed E-state index contributed by atoms with van der Waals surface area (Å²) in [6.07, 6.45) is 2.25. The van der Waals surface area contributed by atoms with Gasteiger partial charge < -0.3 is 10.6 Å². The van der Waals surface area contributed by atoms with Gasteiger partial charge in [-0.3, -0.25) is 9.59 Å². The highest BCUT2D eigenvalue weighted by Gasteiger charge is 2.08. The van der Waals surface area contributed by atoms with E-state index in [1.807, 2.05) is 13.3 Å². The SMILES string of the molecule is C[CH]CC(NC(C)=O)NC(C)=O. The van der Waals surface area contributed by atoms with Gasteiger partial charge in [-0.1, -0.05) is 6.92 Å². The standard InChI is InChI=1S/C8H15N2O2/c1-4-5-8(9-6(2)11)10-7(3)12/h4,8H,5H2,1-3H3,(H,9,11)(H,10,12). The van der Waals surface area contributed by atoms with Gasteiger partial charge in [0.2, 0.25) is 11.8 Å². The van der Waals surface area contributed by atoms with Gasteiger partial charge in [-0.15, -0.1) is 0 Å². The van der Waals surface area contributed by atoms with E-state index in [2.05, 4.69) is 10.6 Å². The first-order valence-electron chi connectivity index (χ1n) is 3.88. The van der Waals surface area contributed by atoms with Crippen molar-refractivity contribution in [1.29, 1.82) is 0 Å². The van der Waals surface area contributed by atoms with Crippen molar-refractivity contribution in [3.8, 4) is 0 Å². The third-order valence-electron chi connectivity index (χ3n) is 1.23. The molecule has 12 heavy (non-hydrogen) atoms. The molecule has 2 N–H and O–H groups in total. The van der Waals surface area contributed by atoms with Crippen LogP contribution < -0.4 is 10.6 Å². The second-order valence-electron chi connectivity index (χ2n) is 2.60. The number of nitrogens with one attached hydrogen (secondary N) is 2. The molecule has 0 saturated heterocycles. The third-order valence-corrected chi connectivity index (χ3v) is 1.23. The first-order valence-corrected chi connectivity index (χ1v) is 3.88. The molecule has 4 nitrogen and oxygen atoms in total. The van der Waals surface area contributed by atoms with Crippen molar-refractivity contribution in [3.05, 3.63) is 6.42 Å². The van der Waals surface area contributed by atoms with E-state index in [4.69, 9.17) is 0 Å². The average molecular weight is 171 g/mol. The van der Waals surface area contributed by atoms with Crippen LogP contribution in [0.1, 0.15) is 27.2 Å². The summed E-state index contributed by atoms with van der Waals surface area (Å²) in [5.41, 5.74) is 0. The van der Waals surface area contributed by atoms with E-state index < -0.39 is 0 Å². The van der Waals surface area contributed by atoms with Crippen LogP contribution in [0, 0.1) is 6.42 Å². The Morgan fingerprint density at radius 1 is 1.25 bits per heavy atom. The molecule has 0 bridgehead atoms. The largest absolute Gasteiger partial charge is 0.336 e. The van der Waals surface area contributed by atoms with Crippen LogP contribution in [-0.2, 0) is 9.59 Å². The zero-order chi connectivity index (χ0) is 9.56. The van der Waals surface area contributed by atoms with Gasteiger partial charge in [0, 0.05) is 13.8 Å². The number of amides is 2. The maximum absolute atomic E-state index is 10.6. The Morgan fingerprint density at radius 3 is 1.92 bits per heavy atom. The molecule has 0 spiro atoms. The molecular weight excluding hydrogens is 156 g/mol. The Kier molecular flexibility index (Phi) is 5.08. The van der Waals surface area contributed by atoms with Gasteiger partial charge in [-0.2, -0.15) is 0 Å². The predicted molar refractivity (Wildman–Crippen MR) is 46.0 cm³/mol. The highest BCUT2D eigenvalue weighted by molar-refractivity contribution is 5.76. The van der Waals surface area contributed by atoms with Crippen molar-refractivity contribution in [1.82, 2.24) is 10.6 Å². The Hall–Kier alpha value is -1.06. The summed E-state index contributed by atoms with van der Waals surface area (Å²) in [4.78, 5) is 21.3. The fourth-order valence-corrected chi connectivity index (χ4v) is 0.880. The summed E-state index contributed by atoms with van der Waals surface area (Å²) in [6, 6.07) is 0. The van der Waals surface area contributed by atoms with Crippen molar-refractivity contribution in [3.63, 3.8) is 0 Å².